The lowest BCUT2D eigenvalue weighted by atomic mass is 10.1. The van der Waals surface area contributed by atoms with Gasteiger partial charge in [0.1, 0.15) is 0 Å². The molecule has 1 aliphatic rings. The molecule has 108 valence electrons. The van der Waals surface area contributed by atoms with Crippen molar-refractivity contribution >= 4 is 33.5 Å². The Kier molecular flexibility index (Phi) is 5.59. The Hall–Kier alpha value is -1.36. The Bertz CT molecular complexity index is 484. The van der Waals surface area contributed by atoms with E-state index in [-0.39, 0.29) is 18.5 Å². The van der Waals surface area contributed by atoms with Crippen LogP contribution >= 0.6 is 15.9 Å². The number of ether oxygens (including phenoxy) is 1. The fourth-order valence-corrected chi connectivity index (χ4v) is 2.79. The molecule has 4 nitrogen and oxygen atoms in total. The van der Waals surface area contributed by atoms with Gasteiger partial charge < -0.3 is 10.1 Å². The smallest absolute Gasteiger partial charge is 0.306 e. The van der Waals surface area contributed by atoms with E-state index in [0.29, 0.717) is 18.0 Å². The zero-order chi connectivity index (χ0) is 14.4. The molecular formula is C15H18BrNO3. The van der Waals surface area contributed by atoms with E-state index in [4.69, 9.17) is 4.74 Å². The summed E-state index contributed by atoms with van der Waals surface area (Å²) in [7, 11) is 0. The van der Waals surface area contributed by atoms with Crippen molar-refractivity contribution in [3.8, 4) is 0 Å². The first kappa shape index (κ1) is 15.0. The van der Waals surface area contributed by atoms with E-state index in [9.17, 15) is 9.59 Å². The largest absolute Gasteiger partial charge is 0.456 e. The van der Waals surface area contributed by atoms with Crippen molar-refractivity contribution in [3.63, 3.8) is 0 Å². The molecule has 1 aliphatic carbocycles. The molecule has 0 atom stereocenters. The van der Waals surface area contributed by atoms with Crippen LogP contribution in [-0.2, 0) is 14.3 Å². The van der Waals surface area contributed by atoms with Gasteiger partial charge in [0, 0.05) is 10.9 Å². The van der Waals surface area contributed by atoms with Gasteiger partial charge in [-0.2, -0.15) is 0 Å². The van der Waals surface area contributed by atoms with Gasteiger partial charge in [0.15, 0.2) is 6.61 Å². The molecule has 0 saturated heterocycles. The SMILES string of the molecule is O=C(COC(=O)CC1CCCC1)Nc1ccccc1Br. The van der Waals surface area contributed by atoms with Crippen LogP contribution in [0.15, 0.2) is 28.7 Å². The number of rotatable bonds is 5. The van der Waals surface area contributed by atoms with Crippen LogP contribution in [0.4, 0.5) is 5.69 Å². The van der Waals surface area contributed by atoms with Crippen LogP contribution in [-0.4, -0.2) is 18.5 Å². The minimum Gasteiger partial charge on any atom is -0.456 e. The van der Waals surface area contributed by atoms with Gasteiger partial charge in [-0.05, 0) is 46.8 Å². The molecule has 0 aromatic heterocycles. The average Bonchev–Trinajstić information content (AvgIpc) is 2.92. The van der Waals surface area contributed by atoms with Crippen molar-refractivity contribution in [2.24, 2.45) is 5.92 Å². The van der Waals surface area contributed by atoms with E-state index in [1.54, 1.807) is 6.07 Å². The molecule has 20 heavy (non-hydrogen) atoms. The van der Waals surface area contributed by atoms with Crippen molar-refractivity contribution in [1.82, 2.24) is 0 Å². The molecule has 0 radical (unpaired) electrons. The number of carbonyl (C=O) groups is 2. The van der Waals surface area contributed by atoms with E-state index in [2.05, 4.69) is 21.2 Å². The molecule has 2 rings (SSSR count). The number of halogens is 1. The number of anilines is 1. The number of amides is 1. The normalized spacial score (nSPS) is 15.1. The standard InChI is InChI=1S/C15H18BrNO3/c16-12-7-3-4-8-13(12)17-14(18)10-20-15(19)9-11-5-1-2-6-11/h3-4,7-8,11H,1-2,5-6,9-10H2,(H,17,18). The second-order valence-corrected chi connectivity index (χ2v) is 5.90. The summed E-state index contributed by atoms with van der Waals surface area (Å²) in [5.74, 6) is -0.162. The van der Waals surface area contributed by atoms with Crippen molar-refractivity contribution in [1.29, 1.82) is 0 Å². The van der Waals surface area contributed by atoms with Crippen LogP contribution in [0.5, 0.6) is 0 Å². The van der Waals surface area contributed by atoms with Crippen molar-refractivity contribution < 1.29 is 14.3 Å². The molecule has 0 aliphatic heterocycles. The summed E-state index contributed by atoms with van der Waals surface area (Å²) in [6, 6.07) is 7.30. The lowest BCUT2D eigenvalue weighted by Crippen LogP contribution is -2.21. The van der Waals surface area contributed by atoms with Crippen molar-refractivity contribution in [2.45, 2.75) is 32.1 Å². The number of para-hydroxylation sites is 1. The highest BCUT2D eigenvalue weighted by Gasteiger charge is 2.19. The minimum absolute atomic E-state index is 0.229. The summed E-state index contributed by atoms with van der Waals surface area (Å²) >= 11 is 3.34. The van der Waals surface area contributed by atoms with Gasteiger partial charge >= 0.3 is 5.97 Å². The van der Waals surface area contributed by atoms with E-state index >= 15 is 0 Å². The Morgan fingerprint density at radius 1 is 1.25 bits per heavy atom. The Morgan fingerprint density at radius 2 is 1.95 bits per heavy atom. The molecule has 1 saturated carbocycles. The van der Waals surface area contributed by atoms with Gasteiger partial charge in [0.25, 0.3) is 5.91 Å². The van der Waals surface area contributed by atoms with Crippen molar-refractivity contribution in [3.05, 3.63) is 28.7 Å². The molecule has 1 fully saturated rings. The molecule has 0 unspecified atom stereocenters. The van der Waals surface area contributed by atoms with Gasteiger partial charge in [-0.1, -0.05) is 25.0 Å². The van der Waals surface area contributed by atoms with Crippen LogP contribution in [0.2, 0.25) is 0 Å². The number of carbonyl (C=O) groups excluding carboxylic acids is 2. The third-order valence-corrected chi connectivity index (χ3v) is 4.13. The quantitative estimate of drug-likeness (QED) is 0.835. The summed E-state index contributed by atoms with van der Waals surface area (Å²) in [5, 5.41) is 2.70. The number of hydrogen-bond donors (Lipinski definition) is 1. The maximum atomic E-state index is 11.7. The molecular weight excluding hydrogens is 322 g/mol. The summed E-state index contributed by atoms with van der Waals surface area (Å²) in [6.07, 6.45) is 5.01. The maximum absolute atomic E-state index is 11.7. The topological polar surface area (TPSA) is 55.4 Å². The minimum atomic E-state index is -0.323. The Morgan fingerprint density at radius 3 is 2.65 bits per heavy atom. The van der Waals surface area contributed by atoms with Gasteiger partial charge in [-0.25, -0.2) is 0 Å². The van der Waals surface area contributed by atoms with Gasteiger partial charge in [-0.15, -0.1) is 0 Å². The van der Waals surface area contributed by atoms with Gasteiger partial charge in [-0.3, -0.25) is 9.59 Å². The first-order valence-electron chi connectivity index (χ1n) is 6.85. The number of nitrogens with one attached hydrogen (secondary N) is 1. The highest BCUT2D eigenvalue weighted by Crippen LogP contribution is 2.27. The Labute approximate surface area is 127 Å². The van der Waals surface area contributed by atoms with Crippen LogP contribution in [0.3, 0.4) is 0 Å². The number of esters is 1. The monoisotopic (exact) mass is 339 g/mol. The maximum Gasteiger partial charge on any atom is 0.306 e. The molecule has 1 N–H and O–H groups in total. The summed E-state index contributed by atoms with van der Waals surface area (Å²) in [5.41, 5.74) is 0.671. The molecule has 5 heteroatoms. The zero-order valence-electron chi connectivity index (χ0n) is 11.2. The lowest BCUT2D eigenvalue weighted by molar-refractivity contribution is -0.148. The predicted molar refractivity (Wildman–Crippen MR) is 80.3 cm³/mol. The molecule has 1 aromatic carbocycles. The zero-order valence-corrected chi connectivity index (χ0v) is 12.8. The predicted octanol–water partition coefficient (Wildman–Crippen LogP) is 3.51. The Balaban J connectivity index is 1.72. The van der Waals surface area contributed by atoms with E-state index in [1.807, 2.05) is 18.2 Å². The fourth-order valence-electron chi connectivity index (χ4n) is 2.40. The summed E-state index contributed by atoms with van der Waals surface area (Å²) < 4.78 is 5.81. The lowest BCUT2D eigenvalue weighted by Gasteiger charge is -2.10. The van der Waals surface area contributed by atoms with Crippen LogP contribution in [0.25, 0.3) is 0 Å². The summed E-state index contributed by atoms with van der Waals surface area (Å²) in [6.45, 7) is -0.229. The third-order valence-electron chi connectivity index (χ3n) is 3.44. The van der Waals surface area contributed by atoms with Crippen LogP contribution in [0, 0.1) is 5.92 Å². The number of benzene rings is 1. The molecule has 0 spiro atoms. The molecule has 1 aromatic rings. The van der Waals surface area contributed by atoms with Crippen molar-refractivity contribution in [2.75, 3.05) is 11.9 Å². The first-order valence-corrected chi connectivity index (χ1v) is 7.64. The second kappa shape index (κ2) is 7.43. The van der Waals surface area contributed by atoms with Crippen LogP contribution < -0.4 is 5.32 Å². The van der Waals surface area contributed by atoms with Gasteiger partial charge in [0.2, 0.25) is 0 Å². The molecule has 0 bridgehead atoms. The molecule has 0 heterocycles. The third kappa shape index (κ3) is 4.63. The second-order valence-electron chi connectivity index (χ2n) is 5.04. The van der Waals surface area contributed by atoms with E-state index in [0.717, 1.165) is 17.3 Å². The summed E-state index contributed by atoms with van der Waals surface area (Å²) in [4.78, 5) is 23.3. The van der Waals surface area contributed by atoms with Crippen LogP contribution in [0.1, 0.15) is 32.1 Å². The fraction of sp³-hybridized carbons (Fsp3) is 0.467. The van der Waals surface area contributed by atoms with Gasteiger partial charge in [0.05, 0.1) is 5.69 Å². The number of hydrogen-bond acceptors (Lipinski definition) is 3. The highest BCUT2D eigenvalue weighted by atomic mass is 79.9. The average molecular weight is 340 g/mol. The van der Waals surface area contributed by atoms with E-state index in [1.165, 1.54) is 12.8 Å². The van der Waals surface area contributed by atoms with E-state index < -0.39 is 0 Å². The molecule has 1 amide bonds. The highest BCUT2D eigenvalue weighted by molar-refractivity contribution is 9.10. The first-order chi connectivity index (χ1) is 9.65.